The number of sulfonamides is 1. The Hall–Kier alpha value is -2.63. The molecule has 1 aliphatic rings. The molecule has 1 atom stereocenters. The van der Waals surface area contributed by atoms with E-state index in [1.165, 1.54) is 4.31 Å². The van der Waals surface area contributed by atoms with Crippen molar-refractivity contribution in [1.29, 1.82) is 0 Å². The van der Waals surface area contributed by atoms with Gasteiger partial charge in [0, 0.05) is 36.1 Å². The third-order valence-electron chi connectivity index (χ3n) is 5.09. The Balaban J connectivity index is 1.47. The number of hydrogen-bond acceptors (Lipinski definition) is 8. The highest BCUT2D eigenvalue weighted by Crippen LogP contribution is 2.31. The maximum absolute atomic E-state index is 13.2. The van der Waals surface area contributed by atoms with E-state index in [2.05, 4.69) is 20.4 Å². The molecule has 0 aromatic carbocycles. The van der Waals surface area contributed by atoms with Crippen molar-refractivity contribution < 1.29 is 17.7 Å². The summed E-state index contributed by atoms with van der Waals surface area (Å²) < 4.78 is 33.1. The summed E-state index contributed by atoms with van der Waals surface area (Å²) >= 11 is 1.11. The van der Waals surface area contributed by atoms with Crippen molar-refractivity contribution in [2.45, 2.75) is 37.3 Å². The van der Waals surface area contributed by atoms with Crippen molar-refractivity contribution in [3.63, 3.8) is 0 Å². The molecule has 164 valence electrons. The van der Waals surface area contributed by atoms with Crippen LogP contribution in [0.4, 0.5) is 5.82 Å². The average molecular weight is 462 g/mol. The molecular weight excluding hydrogens is 438 g/mol. The van der Waals surface area contributed by atoms with Gasteiger partial charge < -0.3 is 9.84 Å². The van der Waals surface area contributed by atoms with E-state index in [0.717, 1.165) is 17.0 Å². The van der Waals surface area contributed by atoms with Crippen LogP contribution in [0, 0.1) is 12.8 Å². The van der Waals surface area contributed by atoms with E-state index >= 15 is 0 Å². The van der Waals surface area contributed by atoms with Gasteiger partial charge in [0.2, 0.25) is 17.6 Å². The Bertz CT molecular complexity index is 1190. The molecule has 11 heteroatoms. The fourth-order valence-electron chi connectivity index (χ4n) is 3.43. The lowest BCUT2D eigenvalue weighted by Gasteiger charge is -2.30. The van der Waals surface area contributed by atoms with E-state index in [9.17, 15) is 13.2 Å². The molecule has 0 saturated carbocycles. The van der Waals surface area contributed by atoms with Crippen LogP contribution in [0.2, 0.25) is 0 Å². The van der Waals surface area contributed by atoms with Crippen LogP contribution in [-0.4, -0.2) is 46.8 Å². The van der Waals surface area contributed by atoms with E-state index in [0.29, 0.717) is 48.9 Å². The second-order valence-corrected chi connectivity index (χ2v) is 10.5. The van der Waals surface area contributed by atoms with E-state index in [-0.39, 0.29) is 16.7 Å². The number of nitrogens with zero attached hydrogens (tertiary/aromatic N) is 4. The van der Waals surface area contributed by atoms with Crippen molar-refractivity contribution in [3.05, 3.63) is 41.2 Å². The molecule has 0 spiro atoms. The summed E-state index contributed by atoms with van der Waals surface area (Å²) in [4.78, 5) is 21.2. The summed E-state index contributed by atoms with van der Waals surface area (Å²) in [5.41, 5.74) is 1.40. The highest BCUT2D eigenvalue weighted by atomic mass is 32.2. The lowest BCUT2D eigenvalue weighted by Crippen LogP contribution is -2.43. The molecule has 1 N–H and O–H groups in total. The summed E-state index contributed by atoms with van der Waals surface area (Å²) in [6, 6.07) is 6.94. The van der Waals surface area contributed by atoms with Crippen LogP contribution in [0.5, 0.6) is 0 Å². The summed E-state index contributed by atoms with van der Waals surface area (Å²) in [7, 11) is -3.72. The molecule has 9 nitrogen and oxygen atoms in total. The second-order valence-electron chi connectivity index (χ2n) is 7.38. The number of aryl methyl sites for hydroxylation is 2. The maximum Gasteiger partial charge on any atom is 0.252 e. The molecule has 1 saturated heterocycles. The number of amides is 1. The van der Waals surface area contributed by atoms with Crippen molar-refractivity contribution >= 4 is 33.1 Å². The van der Waals surface area contributed by atoms with Gasteiger partial charge in [-0.1, -0.05) is 18.1 Å². The number of anilines is 1. The Kier molecular flexibility index (Phi) is 6.17. The van der Waals surface area contributed by atoms with Gasteiger partial charge in [-0.25, -0.2) is 13.4 Å². The molecule has 4 rings (SSSR count). The summed E-state index contributed by atoms with van der Waals surface area (Å²) in [5.74, 6) is 0.687. The van der Waals surface area contributed by atoms with Crippen molar-refractivity contribution in [2.24, 2.45) is 5.92 Å². The second kappa shape index (κ2) is 8.85. The lowest BCUT2D eigenvalue weighted by atomic mass is 9.99. The van der Waals surface area contributed by atoms with Gasteiger partial charge in [-0.3, -0.25) is 4.79 Å². The standard InChI is InChI=1S/C20H23N5O4S2/c1-3-17-23-19(24-29-17)15-10-18(30-12-15)31(27,28)25-9-5-7-14(11-25)20(26)22-16-8-4-6-13(2)21-16/h4,6,8,10,12,14H,3,5,7,9,11H2,1-2H3,(H,21,22,26). The quantitative estimate of drug-likeness (QED) is 0.599. The number of nitrogens with one attached hydrogen (secondary N) is 1. The van der Waals surface area contributed by atoms with Crippen LogP contribution in [0.3, 0.4) is 0 Å². The van der Waals surface area contributed by atoms with Crippen LogP contribution in [-0.2, 0) is 21.2 Å². The number of piperidine rings is 1. The maximum atomic E-state index is 13.2. The van der Waals surface area contributed by atoms with Gasteiger partial charge in [0.05, 0.1) is 5.92 Å². The molecule has 1 aliphatic heterocycles. The molecule has 0 radical (unpaired) electrons. The van der Waals surface area contributed by atoms with Crippen LogP contribution >= 0.6 is 11.3 Å². The number of carbonyl (C=O) groups excluding carboxylic acids is 1. The minimum Gasteiger partial charge on any atom is -0.339 e. The molecule has 0 bridgehead atoms. The fourth-order valence-corrected chi connectivity index (χ4v) is 6.26. The molecule has 1 unspecified atom stereocenters. The SMILES string of the molecule is CCc1nc(-c2csc(S(=O)(=O)N3CCCC(C(=O)Nc4cccc(C)n4)C3)c2)no1. The van der Waals surface area contributed by atoms with Crippen molar-refractivity contribution in [1.82, 2.24) is 19.4 Å². The molecule has 3 aromatic rings. The molecule has 1 fully saturated rings. The largest absolute Gasteiger partial charge is 0.339 e. The Morgan fingerprint density at radius 2 is 2.19 bits per heavy atom. The first-order valence-electron chi connectivity index (χ1n) is 10.0. The van der Waals surface area contributed by atoms with Crippen LogP contribution in [0.15, 0.2) is 38.4 Å². The van der Waals surface area contributed by atoms with Gasteiger partial charge in [0.1, 0.15) is 10.0 Å². The smallest absolute Gasteiger partial charge is 0.252 e. The zero-order valence-electron chi connectivity index (χ0n) is 17.2. The predicted octanol–water partition coefficient (Wildman–Crippen LogP) is 3.10. The van der Waals surface area contributed by atoms with Gasteiger partial charge in [-0.15, -0.1) is 11.3 Å². The normalized spacial score (nSPS) is 17.5. The molecular formula is C20H23N5O4S2. The Labute approximate surface area is 184 Å². The topological polar surface area (TPSA) is 118 Å². The zero-order chi connectivity index (χ0) is 22.0. The van der Waals surface area contributed by atoms with Gasteiger partial charge >= 0.3 is 0 Å². The van der Waals surface area contributed by atoms with E-state index in [4.69, 9.17) is 4.52 Å². The zero-order valence-corrected chi connectivity index (χ0v) is 18.9. The Morgan fingerprint density at radius 3 is 2.94 bits per heavy atom. The van der Waals surface area contributed by atoms with Gasteiger partial charge in [0.15, 0.2) is 0 Å². The van der Waals surface area contributed by atoms with Crippen LogP contribution < -0.4 is 5.32 Å². The minimum atomic E-state index is -3.72. The first kappa shape index (κ1) is 21.6. The minimum absolute atomic E-state index is 0.134. The lowest BCUT2D eigenvalue weighted by molar-refractivity contribution is -0.120. The third-order valence-corrected chi connectivity index (χ3v) is 8.37. The summed E-state index contributed by atoms with van der Waals surface area (Å²) in [5, 5.41) is 8.40. The van der Waals surface area contributed by atoms with E-state index in [1.54, 1.807) is 17.5 Å². The highest BCUT2D eigenvalue weighted by Gasteiger charge is 2.34. The summed E-state index contributed by atoms with van der Waals surface area (Å²) in [6.45, 7) is 4.26. The molecule has 31 heavy (non-hydrogen) atoms. The third kappa shape index (κ3) is 4.68. The van der Waals surface area contributed by atoms with Crippen LogP contribution in [0.1, 0.15) is 31.4 Å². The number of thiophene rings is 1. The summed E-state index contributed by atoms with van der Waals surface area (Å²) in [6.07, 6.45) is 1.85. The van der Waals surface area contributed by atoms with Crippen molar-refractivity contribution in [3.8, 4) is 11.4 Å². The van der Waals surface area contributed by atoms with E-state index in [1.807, 2.05) is 26.0 Å². The molecule has 0 aliphatic carbocycles. The molecule has 1 amide bonds. The van der Waals surface area contributed by atoms with Crippen molar-refractivity contribution in [2.75, 3.05) is 18.4 Å². The monoisotopic (exact) mass is 461 g/mol. The average Bonchev–Trinajstić information content (AvgIpc) is 3.43. The van der Waals surface area contributed by atoms with E-state index < -0.39 is 15.9 Å². The number of rotatable bonds is 6. The highest BCUT2D eigenvalue weighted by molar-refractivity contribution is 7.91. The first-order valence-corrected chi connectivity index (χ1v) is 12.3. The molecule has 3 aromatic heterocycles. The number of carbonyl (C=O) groups is 1. The number of hydrogen-bond donors (Lipinski definition) is 1. The fraction of sp³-hybridized carbons (Fsp3) is 0.400. The first-order chi connectivity index (χ1) is 14.9. The number of pyridine rings is 1. The number of aromatic nitrogens is 3. The Morgan fingerprint density at radius 1 is 1.35 bits per heavy atom. The van der Waals surface area contributed by atoms with Gasteiger partial charge in [0.25, 0.3) is 10.0 Å². The predicted molar refractivity (Wildman–Crippen MR) is 116 cm³/mol. The van der Waals surface area contributed by atoms with Crippen LogP contribution in [0.25, 0.3) is 11.4 Å². The van der Waals surface area contributed by atoms with Gasteiger partial charge in [-0.05, 0) is 38.0 Å². The van der Waals surface area contributed by atoms with Gasteiger partial charge in [-0.2, -0.15) is 9.29 Å². The molecule has 4 heterocycles.